The maximum absolute atomic E-state index is 11.0. The minimum absolute atomic E-state index is 0.253. The van der Waals surface area contributed by atoms with E-state index in [2.05, 4.69) is 0 Å². The van der Waals surface area contributed by atoms with Crippen LogP contribution in [0.5, 0.6) is 5.75 Å². The van der Waals surface area contributed by atoms with Crippen LogP contribution in [0.15, 0.2) is 24.3 Å². The van der Waals surface area contributed by atoms with E-state index in [1.807, 2.05) is 0 Å². The van der Waals surface area contributed by atoms with Crippen LogP contribution in [0.2, 0.25) is 0 Å². The predicted molar refractivity (Wildman–Crippen MR) is 62.4 cm³/mol. The molecule has 1 rings (SSSR count). The molecule has 90 valence electrons. The van der Waals surface area contributed by atoms with Gasteiger partial charge in [-0.05, 0) is 17.7 Å². The number of hydrogen-bond donors (Lipinski definition) is 0. The van der Waals surface area contributed by atoms with Crippen molar-refractivity contribution in [2.75, 3.05) is 20.0 Å². The summed E-state index contributed by atoms with van der Waals surface area (Å²) in [7, 11) is 4.60. The fraction of sp³-hybridized carbons (Fsp3) is 0.400. The summed E-state index contributed by atoms with van der Waals surface area (Å²) < 4.78 is 32.0. The summed E-state index contributed by atoms with van der Waals surface area (Å²) in [6, 6.07) is 6.97. The zero-order valence-electron chi connectivity index (χ0n) is 9.01. The highest BCUT2D eigenvalue weighted by atomic mass is 35.7. The SMILES string of the molecule is COc1ccc(C(CS(=O)(=O)Cl)OC)cc1. The molecule has 0 saturated carbocycles. The van der Waals surface area contributed by atoms with Crippen LogP contribution in [0.25, 0.3) is 0 Å². The molecule has 0 radical (unpaired) electrons. The first-order valence-electron chi connectivity index (χ1n) is 4.55. The summed E-state index contributed by atoms with van der Waals surface area (Å²) in [6.07, 6.45) is -0.562. The lowest BCUT2D eigenvalue weighted by Gasteiger charge is -2.14. The molecule has 0 aliphatic carbocycles. The quantitative estimate of drug-likeness (QED) is 0.763. The molecular formula is C10H13ClO4S. The molecule has 1 aromatic carbocycles. The molecule has 4 nitrogen and oxygen atoms in total. The number of ether oxygens (including phenoxy) is 2. The van der Waals surface area contributed by atoms with Crippen LogP contribution in [0.4, 0.5) is 0 Å². The minimum atomic E-state index is -3.58. The molecule has 1 atom stereocenters. The molecule has 6 heteroatoms. The number of hydrogen-bond acceptors (Lipinski definition) is 4. The summed E-state index contributed by atoms with van der Waals surface area (Å²) in [5.41, 5.74) is 0.743. The lowest BCUT2D eigenvalue weighted by atomic mass is 10.1. The van der Waals surface area contributed by atoms with Crippen LogP contribution in [-0.2, 0) is 13.8 Å². The lowest BCUT2D eigenvalue weighted by molar-refractivity contribution is 0.122. The third kappa shape index (κ3) is 4.00. The van der Waals surface area contributed by atoms with Gasteiger partial charge in [-0.2, -0.15) is 0 Å². The second kappa shape index (κ2) is 5.52. The Kier molecular flexibility index (Phi) is 4.58. The largest absolute Gasteiger partial charge is 0.497 e. The van der Waals surface area contributed by atoms with Gasteiger partial charge in [0.1, 0.15) is 5.75 Å². The second-order valence-corrected chi connectivity index (χ2v) is 6.02. The van der Waals surface area contributed by atoms with E-state index in [0.29, 0.717) is 5.75 Å². The van der Waals surface area contributed by atoms with Gasteiger partial charge in [0.15, 0.2) is 0 Å². The molecule has 0 fully saturated rings. The van der Waals surface area contributed by atoms with Gasteiger partial charge in [0.05, 0.1) is 19.0 Å². The average Bonchev–Trinajstić information content (AvgIpc) is 2.25. The summed E-state index contributed by atoms with van der Waals surface area (Å²) in [5, 5.41) is 0. The first-order valence-corrected chi connectivity index (χ1v) is 7.03. The van der Waals surface area contributed by atoms with Crippen molar-refractivity contribution in [3.05, 3.63) is 29.8 Å². The molecule has 0 heterocycles. The van der Waals surface area contributed by atoms with E-state index in [0.717, 1.165) is 5.56 Å². The molecule has 16 heavy (non-hydrogen) atoms. The average molecular weight is 265 g/mol. The van der Waals surface area contributed by atoms with E-state index >= 15 is 0 Å². The van der Waals surface area contributed by atoms with Gasteiger partial charge in [0.2, 0.25) is 9.05 Å². The van der Waals surface area contributed by atoms with Gasteiger partial charge in [-0.1, -0.05) is 12.1 Å². The fourth-order valence-corrected chi connectivity index (χ4v) is 2.33. The molecule has 1 aromatic rings. The van der Waals surface area contributed by atoms with Gasteiger partial charge < -0.3 is 9.47 Å². The predicted octanol–water partition coefficient (Wildman–Crippen LogP) is 1.95. The summed E-state index contributed by atoms with van der Waals surface area (Å²) >= 11 is 0. The van der Waals surface area contributed by atoms with Crippen molar-refractivity contribution in [2.24, 2.45) is 0 Å². The molecule has 0 amide bonds. The molecule has 0 aliphatic rings. The van der Waals surface area contributed by atoms with Crippen LogP contribution < -0.4 is 4.74 Å². The van der Waals surface area contributed by atoms with E-state index in [1.165, 1.54) is 7.11 Å². The molecule has 0 N–H and O–H groups in total. The summed E-state index contributed by atoms with van der Waals surface area (Å²) in [5.74, 6) is 0.449. The van der Waals surface area contributed by atoms with E-state index in [9.17, 15) is 8.42 Å². The van der Waals surface area contributed by atoms with Gasteiger partial charge >= 0.3 is 0 Å². The Balaban J connectivity index is 2.87. The smallest absolute Gasteiger partial charge is 0.235 e. The van der Waals surface area contributed by atoms with E-state index < -0.39 is 15.2 Å². The number of benzene rings is 1. The summed E-state index contributed by atoms with van der Waals surface area (Å²) in [4.78, 5) is 0. The molecule has 0 aliphatic heterocycles. The number of halogens is 1. The van der Waals surface area contributed by atoms with Crippen molar-refractivity contribution in [3.63, 3.8) is 0 Å². The number of methoxy groups -OCH3 is 2. The molecule has 1 unspecified atom stereocenters. The Morgan fingerprint density at radius 1 is 1.25 bits per heavy atom. The third-order valence-corrected chi connectivity index (χ3v) is 3.20. The van der Waals surface area contributed by atoms with Crippen molar-refractivity contribution < 1.29 is 17.9 Å². The van der Waals surface area contributed by atoms with Crippen LogP contribution >= 0.6 is 10.7 Å². The Labute approximate surface area is 99.6 Å². The van der Waals surface area contributed by atoms with E-state index in [-0.39, 0.29) is 5.75 Å². The zero-order valence-corrected chi connectivity index (χ0v) is 10.6. The highest BCUT2D eigenvalue weighted by Gasteiger charge is 2.18. The second-order valence-electron chi connectivity index (χ2n) is 3.20. The van der Waals surface area contributed by atoms with Crippen LogP contribution in [-0.4, -0.2) is 28.4 Å². The van der Waals surface area contributed by atoms with Gasteiger partial charge in [-0.25, -0.2) is 8.42 Å². The highest BCUT2D eigenvalue weighted by molar-refractivity contribution is 8.13. The van der Waals surface area contributed by atoms with E-state index in [4.69, 9.17) is 20.2 Å². The third-order valence-electron chi connectivity index (χ3n) is 2.12. The Morgan fingerprint density at radius 3 is 2.19 bits per heavy atom. The van der Waals surface area contributed by atoms with Crippen LogP contribution in [0.3, 0.4) is 0 Å². The Hall–Kier alpha value is -0.780. The summed E-state index contributed by atoms with van der Waals surface area (Å²) in [6.45, 7) is 0. The number of rotatable bonds is 5. The van der Waals surface area contributed by atoms with Gasteiger partial charge in [0.25, 0.3) is 0 Å². The standard InChI is InChI=1S/C10H13ClO4S/c1-14-9-5-3-8(4-6-9)10(15-2)7-16(11,12)13/h3-6,10H,7H2,1-2H3. The lowest BCUT2D eigenvalue weighted by Crippen LogP contribution is -2.12. The van der Waals surface area contributed by atoms with Gasteiger partial charge in [0, 0.05) is 17.8 Å². The van der Waals surface area contributed by atoms with Crippen molar-refractivity contribution in [2.45, 2.75) is 6.10 Å². The Bertz CT molecular complexity index is 427. The van der Waals surface area contributed by atoms with Crippen LogP contribution in [0.1, 0.15) is 11.7 Å². The molecule has 0 bridgehead atoms. The van der Waals surface area contributed by atoms with Crippen molar-refractivity contribution in [1.82, 2.24) is 0 Å². The maximum Gasteiger partial charge on any atom is 0.235 e. The van der Waals surface area contributed by atoms with Gasteiger partial charge in [-0.15, -0.1) is 0 Å². The normalized spacial score (nSPS) is 13.4. The maximum atomic E-state index is 11.0. The van der Waals surface area contributed by atoms with E-state index in [1.54, 1.807) is 31.4 Å². The van der Waals surface area contributed by atoms with Crippen molar-refractivity contribution in [3.8, 4) is 5.75 Å². The van der Waals surface area contributed by atoms with Crippen molar-refractivity contribution >= 4 is 19.7 Å². The van der Waals surface area contributed by atoms with Gasteiger partial charge in [-0.3, -0.25) is 0 Å². The molecular weight excluding hydrogens is 252 g/mol. The highest BCUT2D eigenvalue weighted by Crippen LogP contribution is 2.22. The molecule has 0 aromatic heterocycles. The van der Waals surface area contributed by atoms with Crippen LogP contribution in [0, 0.1) is 0 Å². The molecule has 0 spiro atoms. The van der Waals surface area contributed by atoms with Crippen molar-refractivity contribution in [1.29, 1.82) is 0 Å². The molecule has 0 saturated heterocycles. The monoisotopic (exact) mass is 264 g/mol. The fourth-order valence-electron chi connectivity index (χ4n) is 1.30. The first kappa shape index (κ1) is 13.3. The zero-order chi connectivity index (χ0) is 12.2. The topological polar surface area (TPSA) is 52.6 Å². The first-order chi connectivity index (χ1) is 7.46. The Morgan fingerprint density at radius 2 is 1.81 bits per heavy atom. The minimum Gasteiger partial charge on any atom is -0.497 e.